The molecule has 5 heteroatoms. The van der Waals surface area contributed by atoms with Gasteiger partial charge in [0.15, 0.2) is 0 Å². The van der Waals surface area contributed by atoms with Crippen molar-refractivity contribution in [3.05, 3.63) is 40.2 Å². The Kier molecular flexibility index (Phi) is 5.60. The zero-order chi connectivity index (χ0) is 18.8. The normalized spacial score (nSPS) is 27.3. The molecule has 4 nitrogen and oxygen atoms in total. The van der Waals surface area contributed by atoms with Gasteiger partial charge in [-0.05, 0) is 44.4 Å². The SMILES string of the molecule is Cc1sc(CCNC(=O)C2CC3CCCC(C2)C3N)nc1-c1ccccc1. The Hall–Kier alpha value is -1.72. The van der Waals surface area contributed by atoms with Crippen LogP contribution in [0.5, 0.6) is 0 Å². The molecule has 3 N–H and O–H groups in total. The molecule has 0 saturated heterocycles. The van der Waals surface area contributed by atoms with Gasteiger partial charge >= 0.3 is 0 Å². The van der Waals surface area contributed by atoms with Crippen molar-refractivity contribution in [3.63, 3.8) is 0 Å². The van der Waals surface area contributed by atoms with Gasteiger partial charge in [-0.15, -0.1) is 11.3 Å². The highest BCUT2D eigenvalue weighted by Gasteiger charge is 2.40. The smallest absolute Gasteiger partial charge is 0.223 e. The zero-order valence-electron chi connectivity index (χ0n) is 16.0. The van der Waals surface area contributed by atoms with Crippen LogP contribution in [0.1, 0.15) is 42.0 Å². The van der Waals surface area contributed by atoms with Gasteiger partial charge in [0.2, 0.25) is 5.91 Å². The van der Waals surface area contributed by atoms with Gasteiger partial charge in [-0.3, -0.25) is 4.79 Å². The van der Waals surface area contributed by atoms with Gasteiger partial charge in [-0.2, -0.15) is 0 Å². The van der Waals surface area contributed by atoms with Crippen LogP contribution in [-0.4, -0.2) is 23.5 Å². The molecule has 2 unspecified atom stereocenters. The molecular weight excluding hydrogens is 354 g/mol. The number of hydrogen-bond donors (Lipinski definition) is 2. The van der Waals surface area contributed by atoms with Crippen LogP contribution in [0.2, 0.25) is 0 Å². The van der Waals surface area contributed by atoms with Crippen molar-refractivity contribution in [1.29, 1.82) is 0 Å². The summed E-state index contributed by atoms with van der Waals surface area (Å²) in [6.45, 7) is 2.78. The van der Waals surface area contributed by atoms with E-state index >= 15 is 0 Å². The number of carbonyl (C=O) groups is 1. The number of hydrogen-bond acceptors (Lipinski definition) is 4. The zero-order valence-corrected chi connectivity index (χ0v) is 16.8. The molecule has 2 aromatic rings. The first-order valence-electron chi connectivity index (χ1n) is 10.2. The summed E-state index contributed by atoms with van der Waals surface area (Å²) in [5, 5.41) is 4.25. The van der Waals surface area contributed by atoms with Gasteiger partial charge in [0.25, 0.3) is 0 Å². The van der Waals surface area contributed by atoms with Crippen molar-refractivity contribution in [1.82, 2.24) is 10.3 Å². The monoisotopic (exact) mass is 383 g/mol. The first kappa shape index (κ1) is 18.6. The molecule has 27 heavy (non-hydrogen) atoms. The Balaban J connectivity index is 1.31. The largest absolute Gasteiger partial charge is 0.355 e. The van der Waals surface area contributed by atoms with Crippen LogP contribution in [0.3, 0.4) is 0 Å². The van der Waals surface area contributed by atoms with E-state index in [0.29, 0.717) is 24.4 Å². The fourth-order valence-electron chi connectivity index (χ4n) is 4.86. The lowest BCUT2D eigenvalue weighted by Crippen LogP contribution is -2.49. The Morgan fingerprint density at radius 2 is 1.93 bits per heavy atom. The van der Waals surface area contributed by atoms with E-state index in [4.69, 9.17) is 10.7 Å². The molecule has 0 radical (unpaired) electrons. The number of benzene rings is 1. The van der Waals surface area contributed by atoms with Crippen LogP contribution in [0.4, 0.5) is 0 Å². The molecule has 2 fully saturated rings. The Bertz CT molecular complexity index is 774. The van der Waals surface area contributed by atoms with Gasteiger partial charge in [0.1, 0.15) is 0 Å². The number of rotatable bonds is 5. The molecule has 2 saturated carbocycles. The van der Waals surface area contributed by atoms with Crippen LogP contribution in [-0.2, 0) is 11.2 Å². The van der Waals surface area contributed by atoms with E-state index in [1.807, 2.05) is 18.2 Å². The average Bonchev–Trinajstić information content (AvgIpc) is 3.02. The highest BCUT2D eigenvalue weighted by molar-refractivity contribution is 7.12. The average molecular weight is 384 g/mol. The highest BCUT2D eigenvalue weighted by atomic mass is 32.1. The minimum absolute atomic E-state index is 0.151. The van der Waals surface area contributed by atoms with Gasteiger partial charge in [0.05, 0.1) is 10.7 Å². The maximum atomic E-state index is 12.7. The van der Waals surface area contributed by atoms with Gasteiger partial charge in [-0.1, -0.05) is 36.8 Å². The molecule has 1 aromatic carbocycles. The number of fused-ring (bicyclic) bond motifs is 2. The summed E-state index contributed by atoms with van der Waals surface area (Å²) < 4.78 is 0. The summed E-state index contributed by atoms with van der Waals surface area (Å²) in [6.07, 6.45) is 6.41. The van der Waals surface area contributed by atoms with E-state index in [9.17, 15) is 4.79 Å². The van der Waals surface area contributed by atoms with Crippen LogP contribution in [0.25, 0.3) is 11.3 Å². The third kappa shape index (κ3) is 4.09. The summed E-state index contributed by atoms with van der Waals surface area (Å²) in [6, 6.07) is 10.6. The second kappa shape index (κ2) is 8.11. The number of nitrogens with two attached hydrogens (primary N) is 1. The Morgan fingerprint density at radius 1 is 1.22 bits per heavy atom. The van der Waals surface area contributed by atoms with E-state index in [1.54, 1.807) is 11.3 Å². The predicted octanol–water partition coefficient (Wildman–Crippen LogP) is 3.93. The summed E-state index contributed by atoms with van der Waals surface area (Å²) in [5.41, 5.74) is 8.57. The van der Waals surface area contributed by atoms with Crippen LogP contribution < -0.4 is 11.1 Å². The second-order valence-electron chi connectivity index (χ2n) is 8.12. The fourth-order valence-corrected chi connectivity index (χ4v) is 5.82. The summed E-state index contributed by atoms with van der Waals surface area (Å²) in [7, 11) is 0. The lowest BCUT2D eigenvalue weighted by atomic mass is 9.65. The minimum atomic E-state index is 0.151. The molecule has 2 bridgehead atoms. The van der Waals surface area contributed by atoms with Crippen LogP contribution in [0, 0.1) is 24.7 Å². The van der Waals surface area contributed by atoms with Crippen molar-refractivity contribution in [2.24, 2.45) is 23.5 Å². The first-order valence-corrected chi connectivity index (χ1v) is 11.0. The lowest BCUT2D eigenvalue weighted by Gasteiger charge is -2.43. The van der Waals surface area contributed by atoms with E-state index in [2.05, 4.69) is 24.4 Å². The molecule has 1 aromatic heterocycles. The molecule has 0 aliphatic heterocycles. The van der Waals surface area contributed by atoms with Gasteiger partial charge in [0, 0.05) is 35.4 Å². The van der Waals surface area contributed by atoms with Crippen molar-refractivity contribution in [2.45, 2.75) is 51.5 Å². The quantitative estimate of drug-likeness (QED) is 0.822. The molecule has 1 amide bonds. The number of amides is 1. The maximum absolute atomic E-state index is 12.7. The van der Waals surface area contributed by atoms with Crippen molar-refractivity contribution in [3.8, 4) is 11.3 Å². The van der Waals surface area contributed by atoms with E-state index in [-0.39, 0.29) is 11.8 Å². The van der Waals surface area contributed by atoms with Gasteiger partial charge in [-0.25, -0.2) is 4.98 Å². The van der Waals surface area contributed by atoms with Crippen molar-refractivity contribution >= 4 is 17.2 Å². The second-order valence-corrected chi connectivity index (χ2v) is 9.40. The third-order valence-corrected chi connectivity index (χ3v) is 7.34. The molecule has 2 aliphatic carbocycles. The number of aryl methyl sites for hydroxylation is 1. The van der Waals surface area contributed by atoms with Crippen LogP contribution >= 0.6 is 11.3 Å². The molecule has 1 heterocycles. The number of nitrogens with zero attached hydrogens (tertiary/aromatic N) is 1. The molecule has 144 valence electrons. The maximum Gasteiger partial charge on any atom is 0.223 e. The van der Waals surface area contributed by atoms with Crippen LogP contribution in [0.15, 0.2) is 30.3 Å². The molecular formula is C22H29N3OS. The highest BCUT2D eigenvalue weighted by Crippen LogP contribution is 2.41. The molecule has 4 rings (SSSR count). The van der Waals surface area contributed by atoms with Gasteiger partial charge < -0.3 is 11.1 Å². The molecule has 0 spiro atoms. The summed E-state index contributed by atoms with van der Waals surface area (Å²) >= 11 is 1.73. The molecule has 2 atom stereocenters. The number of nitrogens with one attached hydrogen (secondary N) is 1. The van der Waals surface area contributed by atoms with E-state index in [0.717, 1.165) is 35.5 Å². The molecule has 2 aliphatic rings. The number of aromatic nitrogens is 1. The Morgan fingerprint density at radius 3 is 2.63 bits per heavy atom. The Labute approximate surface area is 165 Å². The van der Waals surface area contributed by atoms with Crippen molar-refractivity contribution < 1.29 is 4.79 Å². The lowest BCUT2D eigenvalue weighted by molar-refractivity contribution is -0.127. The van der Waals surface area contributed by atoms with E-state index < -0.39 is 0 Å². The topological polar surface area (TPSA) is 68.0 Å². The third-order valence-electron chi connectivity index (χ3n) is 6.31. The fraction of sp³-hybridized carbons (Fsp3) is 0.545. The minimum Gasteiger partial charge on any atom is -0.355 e. The summed E-state index contributed by atoms with van der Waals surface area (Å²) in [4.78, 5) is 18.7. The van der Waals surface area contributed by atoms with Crippen molar-refractivity contribution in [2.75, 3.05) is 6.54 Å². The number of thiazole rings is 1. The number of carbonyl (C=O) groups excluding carboxylic acids is 1. The van der Waals surface area contributed by atoms with E-state index in [1.165, 1.54) is 24.1 Å². The standard InChI is InChI=1S/C22H29N3OS/c1-14-21(15-6-3-2-4-7-15)25-19(27-14)10-11-24-22(26)18-12-16-8-5-9-17(13-18)20(16)23/h2-4,6-7,16-18,20H,5,8-13,23H2,1H3,(H,24,26). The first-order chi connectivity index (χ1) is 13.1. The predicted molar refractivity (Wildman–Crippen MR) is 111 cm³/mol. The summed E-state index contributed by atoms with van der Waals surface area (Å²) in [5.74, 6) is 1.46.